The first-order chi connectivity index (χ1) is 9.51. The van der Waals surface area contributed by atoms with Gasteiger partial charge in [-0.3, -0.25) is 0 Å². The van der Waals surface area contributed by atoms with Gasteiger partial charge in [0.1, 0.15) is 22.7 Å². The summed E-state index contributed by atoms with van der Waals surface area (Å²) in [6.45, 7) is 5.79. The molecular formula is C13H12N6O. The van der Waals surface area contributed by atoms with Crippen LogP contribution in [-0.2, 0) is 5.60 Å². The number of benzene rings is 1. The normalized spacial score (nSPS) is 14.6. The number of hydrogen-bond acceptors (Lipinski definition) is 5. The molecule has 0 spiro atoms. The molecule has 0 aliphatic carbocycles. The van der Waals surface area contributed by atoms with Crippen LogP contribution in [0.1, 0.15) is 25.1 Å². The van der Waals surface area contributed by atoms with Crippen molar-refractivity contribution in [1.82, 2.24) is 15.2 Å². The number of ether oxygens (including phenoxy) is 1. The lowest BCUT2D eigenvalue weighted by atomic mass is 9.94. The van der Waals surface area contributed by atoms with Gasteiger partial charge in [-0.05, 0) is 43.5 Å². The highest BCUT2D eigenvalue weighted by Crippen LogP contribution is 2.43. The van der Waals surface area contributed by atoms with Gasteiger partial charge in [0, 0.05) is 10.5 Å². The second-order valence-electron chi connectivity index (χ2n) is 5.11. The van der Waals surface area contributed by atoms with Crippen LogP contribution in [-0.4, -0.2) is 15.2 Å². The number of rotatable bonds is 1. The molecule has 1 aliphatic rings. The van der Waals surface area contributed by atoms with Crippen LogP contribution in [0, 0.1) is 6.92 Å². The standard InChI is InChI=1S/C13H12N6O/c1-7-4-5-9-8(6-7)10-11(13(2,3)20-9)16-17-12(15-10)18-19-14/h4-6H,1-3H3. The molecule has 2 heterocycles. The zero-order valence-corrected chi connectivity index (χ0v) is 11.3. The Kier molecular flexibility index (Phi) is 2.59. The van der Waals surface area contributed by atoms with Crippen molar-refractivity contribution in [3.8, 4) is 17.0 Å². The molecule has 0 radical (unpaired) electrons. The third-order valence-electron chi connectivity index (χ3n) is 3.14. The quantitative estimate of drug-likeness (QED) is 0.449. The molecular weight excluding hydrogens is 256 g/mol. The Balaban J connectivity index is 2.31. The smallest absolute Gasteiger partial charge is 0.239 e. The van der Waals surface area contributed by atoms with Crippen molar-refractivity contribution >= 4 is 5.95 Å². The van der Waals surface area contributed by atoms with Gasteiger partial charge >= 0.3 is 0 Å². The molecule has 1 aliphatic heterocycles. The molecule has 0 saturated carbocycles. The van der Waals surface area contributed by atoms with Gasteiger partial charge < -0.3 is 4.74 Å². The van der Waals surface area contributed by atoms with Crippen molar-refractivity contribution in [1.29, 1.82) is 0 Å². The van der Waals surface area contributed by atoms with E-state index in [1.165, 1.54) is 0 Å². The van der Waals surface area contributed by atoms with Crippen LogP contribution in [0.25, 0.3) is 21.7 Å². The largest absolute Gasteiger partial charge is 0.481 e. The number of fused-ring (bicyclic) bond motifs is 3. The predicted molar refractivity (Wildman–Crippen MR) is 72.5 cm³/mol. The van der Waals surface area contributed by atoms with Gasteiger partial charge in [0.2, 0.25) is 5.95 Å². The van der Waals surface area contributed by atoms with E-state index < -0.39 is 5.60 Å². The van der Waals surface area contributed by atoms with Crippen LogP contribution in [0.2, 0.25) is 0 Å². The lowest BCUT2D eigenvalue weighted by Crippen LogP contribution is -2.31. The molecule has 2 aromatic rings. The summed E-state index contributed by atoms with van der Waals surface area (Å²) in [6, 6.07) is 5.85. The molecule has 20 heavy (non-hydrogen) atoms. The number of aryl methyl sites for hydroxylation is 1. The van der Waals surface area contributed by atoms with Crippen molar-refractivity contribution < 1.29 is 4.74 Å². The molecule has 0 unspecified atom stereocenters. The fourth-order valence-corrected chi connectivity index (χ4v) is 2.23. The average Bonchev–Trinajstić information content (AvgIpc) is 2.40. The Morgan fingerprint density at radius 2 is 2.10 bits per heavy atom. The number of nitrogens with zero attached hydrogens (tertiary/aromatic N) is 6. The highest BCUT2D eigenvalue weighted by molar-refractivity contribution is 5.73. The molecule has 0 saturated heterocycles. The number of azide groups is 1. The summed E-state index contributed by atoms with van der Waals surface area (Å²) in [5.74, 6) is 0.747. The first kappa shape index (κ1) is 12.4. The van der Waals surface area contributed by atoms with Crippen LogP contribution < -0.4 is 4.74 Å². The zero-order valence-electron chi connectivity index (χ0n) is 11.3. The Bertz CT molecular complexity index is 749. The molecule has 100 valence electrons. The summed E-state index contributed by atoms with van der Waals surface area (Å²) >= 11 is 0. The van der Waals surface area contributed by atoms with Gasteiger partial charge in [0.15, 0.2) is 0 Å². The van der Waals surface area contributed by atoms with Gasteiger partial charge in [-0.1, -0.05) is 11.6 Å². The highest BCUT2D eigenvalue weighted by Gasteiger charge is 2.36. The maximum Gasteiger partial charge on any atom is 0.239 e. The van der Waals surface area contributed by atoms with Crippen molar-refractivity contribution in [2.24, 2.45) is 5.11 Å². The molecule has 0 bridgehead atoms. The molecule has 1 aromatic heterocycles. The fraction of sp³-hybridized carbons (Fsp3) is 0.308. The van der Waals surface area contributed by atoms with Gasteiger partial charge in [0.05, 0.1) is 0 Å². The molecule has 7 nitrogen and oxygen atoms in total. The molecule has 0 atom stereocenters. The van der Waals surface area contributed by atoms with E-state index in [0.717, 1.165) is 16.9 Å². The molecule has 3 rings (SSSR count). The average molecular weight is 268 g/mol. The van der Waals surface area contributed by atoms with Crippen LogP contribution in [0.4, 0.5) is 5.95 Å². The first-order valence-corrected chi connectivity index (χ1v) is 6.11. The number of aromatic nitrogens is 3. The Morgan fingerprint density at radius 1 is 1.30 bits per heavy atom. The Hall–Kier alpha value is -2.66. The maximum atomic E-state index is 8.49. The van der Waals surface area contributed by atoms with E-state index in [4.69, 9.17) is 10.3 Å². The van der Waals surface area contributed by atoms with Gasteiger partial charge in [-0.15, -0.1) is 10.2 Å². The summed E-state index contributed by atoms with van der Waals surface area (Å²) in [6.07, 6.45) is 0. The first-order valence-electron chi connectivity index (χ1n) is 6.11. The summed E-state index contributed by atoms with van der Waals surface area (Å²) in [5.41, 5.74) is 11.1. The molecule has 7 heteroatoms. The lowest BCUT2D eigenvalue weighted by Gasteiger charge is -2.32. The van der Waals surface area contributed by atoms with Crippen molar-refractivity contribution in [3.63, 3.8) is 0 Å². The van der Waals surface area contributed by atoms with Crippen molar-refractivity contribution in [2.45, 2.75) is 26.4 Å². The highest BCUT2D eigenvalue weighted by atomic mass is 16.5. The Labute approximate surface area is 115 Å². The van der Waals surface area contributed by atoms with E-state index in [9.17, 15) is 0 Å². The van der Waals surface area contributed by atoms with Crippen LogP contribution >= 0.6 is 0 Å². The fourth-order valence-electron chi connectivity index (χ4n) is 2.23. The van der Waals surface area contributed by atoms with E-state index in [1.54, 1.807) is 0 Å². The predicted octanol–water partition coefficient (Wildman–Crippen LogP) is 3.42. The zero-order chi connectivity index (χ0) is 14.3. The minimum absolute atomic E-state index is 0.0106. The SMILES string of the molecule is Cc1ccc2c(c1)-c1nc(N=[N+]=[N-])nnc1C(C)(C)O2. The van der Waals surface area contributed by atoms with Gasteiger partial charge in [-0.2, -0.15) is 0 Å². The van der Waals surface area contributed by atoms with Gasteiger partial charge in [0.25, 0.3) is 0 Å². The second kappa shape index (κ2) is 4.18. The van der Waals surface area contributed by atoms with Gasteiger partial charge in [-0.25, -0.2) is 4.98 Å². The summed E-state index contributed by atoms with van der Waals surface area (Å²) < 4.78 is 5.95. The van der Waals surface area contributed by atoms with E-state index >= 15 is 0 Å². The summed E-state index contributed by atoms with van der Waals surface area (Å²) in [4.78, 5) is 7.00. The molecule has 0 fully saturated rings. The van der Waals surface area contributed by atoms with Crippen LogP contribution in [0.15, 0.2) is 23.3 Å². The minimum Gasteiger partial charge on any atom is -0.481 e. The van der Waals surface area contributed by atoms with Crippen LogP contribution in [0.5, 0.6) is 5.75 Å². The number of hydrogen-bond donors (Lipinski definition) is 0. The molecule has 1 aromatic carbocycles. The maximum absolute atomic E-state index is 8.49. The van der Waals surface area contributed by atoms with E-state index in [2.05, 4.69) is 25.2 Å². The minimum atomic E-state index is -0.632. The third-order valence-corrected chi connectivity index (χ3v) is 3.14. The van der Waals surface area contributed by atoms with Crippen LogP contribution in [0.3, 0.4) is 0 Å². The topological polar surface area (TPSA) is 96.7 Å². The van der Waals surface area contributed by atoms with Crippen molar-refractivity contribution in [3.05, 3.63) is 39.9 Å². The van der Waals surface area contributed by atoms with Crippen molar-refractivity contribution in [2.75, 3.05) is 0 Å². The summed E-state index contributed by atoms with van der Waals surface area (Å²) in [7, 11) is 0. The third kappa shape index (κ3) is 1.85. The molecule has 0 N–H and O–H groups in total. The monoisotopic (exact) mass is 268 g/mol. The lowest BCUT2D eigenvalue weighted by molar-refractivity contribution is 0.0987. The Morgan fingerprint density at radius 3 is 2.85 bits per heavy atom. The van der Waals surface area contributed by atoms with E-state index in [0.29, 0.717) is 11.4 Å². The molecule has 0 amide bonds. The van der Waals surface area contributed by atoms with E-state index in [-0.39, 0.29) is 5.95 Å². The summed E-state index contributed by atoms with van der Waals surface area (Å²) in [5, 5.41) is 11.3. The second-order valence-corrected chi connectivity index (χ2v) is 5.11. The van der Waals surface area contributed by atoms with E-state index in [1.807, 2.05) is 39.0 Å².